The normalized spacial score (nSPS) is 16.9. The molecule has 0 saturated carbocycles. The highest BCUT2D eigenvalue weighted by molar-refractivity contribution is 6.01. The number of aryl methyl sites for hydroxylation is 1. The lowest BCUT2D eigenvalue weighted by atomic mass is 10.0. The lowest BCUT2D eigenvalue weighted by Crippen LogP contribution is -2.56. The van der Waals surface area contributed by atoms with Crippen LogP contribution in [0.2, 0.25) is 0 Å². The number of pyridine rings is 1. The standard InChI is InChI=1S/C26H34N4O4/c1-17(2)30-22-11-7-6-10-19(22)12-13-20(24(30)32)28-23(31)21(15-18-9-8-14-27-16-18)29-25(33)34-26(3,4)5/h6-11,14,16-17,20-21H,12-13,15H2,1-5H3,(H,28,31)(H,29,33)/t20-,21-/m1/s1. The Hall–Kier alpha value is -3.42. The first-order valence-corrected chi connectivity index (χ1v) is 11.6. The quantitative estimate of drug-likeness (QED) is 0.680. The minimum Gasteiger partial charge on any atom is -0.444 e. The monoisotopic (exact) mass is 466 g/mol. The lowest BCUT2D eigenvalue weighted by Gasteiger charge is -2.30. The van der Waals surface area contributed by atoms with Crippen LogP contribution in [-0.4, -0.2) is 46.6 Å². The number of aromatic nitrogens is 1. The second-order valence-electron chi connectivity index (χ2n) is 9.79. The van der Waals surface area contributed by atoms with Crippen molar-refractivity contribution in [1.82, 2.24) is 15.6 Å². The summed E-state index contributed by atoms with van der Waals surface area (Å²) in [5.74, 6) is -0.603. The number of carbonyl (C=O) groups excluding carboxylic acids is 3. The molecule has 0 unspecified atom stereocenters. The molecule has 34 heavy (non-hydrogen) atoms. The number of nitrogens with zero attached hydrogens (tertiary/aromatic N) is 2. The van der Waals surface area contributed by atoms with E-state index in [1.807, 2.05) is 44.2 Å². The number of ether oxygens (including phenoxy) is 1. The summed E-state index contributed by atoms with van der Waals surface area (Å²) >= 11 is 0. The molecule has 0 spiro atoms. The Balaban J connectivity index is 1.80. The van der Waals surface area contributed by atoms with Gasteiger partial charge in [0.2, 0.25) is 11.8 Å². The Bertz CT molecular complexity index is 1020. The number of benzene rings is 1. The molecule has 1 aromatic heterocycles. The van der Waals surface area contributed by atoms with Gasteiger partial charge in [0.25, 0.3) is 0 Å². The third-order valence-electron chi connectivity index (χ3n) is 5.49. The fraction of sp³-hybridized carbons (Fsp3) is 0.462. The van der Waals surface area contributed by atoms with E-state index < -0.39 is 29.7 Å². The summed E-state index contributed by atoms with van der Waals surface area (Å²) in [6, 6.07) is 9.71. The van der Waals surface area contributed by atoms with Crippen LogP contribution < -0.4 is 15.5 Å². The van der Waals surface area contributed by atoms with Crippen LogP contribution in [0.4, 0.5) is 10.5 Å². The second-order valence-corrected chi connectivity index (χ2v) is 9.79. The minimum absolute atomic E-state index is 0.0720. The van der Waals surface area contributed by atoms with Gasteiger partial charge in [-0.2, -0.15) is 0 Å². The van der Waals surface area contributed by atoms with E-state index in [1.165, 1.54) is 0 Å². The topological polar surface area (TPSA) is 101 Å². The van der Waals surface area contributed by atoms with Crippen LogP contribution in [0.25, 0.3) is 0 Å². The Morgan fingerprint density at radius 2 is 1.91 bits per heavy atom. The van der Waals surface area contributed by atoms with Gasteiger partial charge in [-0.15, -0.1) is 0 Å². The highest BCUT2D eigenvalue weighted by Gasteiger charge is 2.34. The zero-order valence-corrected chi connectivity index (χ0v) is 20.5. The van der Waals surface area contributed by atoms with Crippen molar-refractivity contribution >= 4 is 23.6 Å². The third kappa shape index (κ3) is 6.56. The van der Waals surface area contributed by atoms with Gasteiger partial charge >= 0.3 is 6.09 Å². The van der Waals surface area contributed by atoms with Gasteiger partial charge in [-0.25, -0.2) is 4.79 Å². The Morgan fingerprint density at radius 3 is 2.56 bits per heavy atom. The maximum absolute atomic E-state index is 13.5. The summed E-state index contributed by atoms with van der Waals surface area (Å²) < 4.78 is 5.36. The van der Waals surface area contributed by atoms with E-state index in [1.54, 1.807) is 44.1 Å². The van der Waals surface area contributed by atoms with Crippen molar-refractivity contribution < 1.29 is 19.1 Å². The van der Waals surface area contributed by atoms with Gasteiger partial charge in [0.05, 0.1) is 0 Å². The molecule has 3 rings (SSSR count). The molecule has 2 N–H and O–H groups in total. The maximum Gasteiger partial charge on any atom is 0.408 e. The predicted molar refractivity (Wildman–Crippen MR) is 130 cm³/mol. The third-order valence-corrected chi connectivity index (χ3v) is 5.49. The molecule has 8 heteroatoms. The molecule has 8 nitrogen and oxygen atoms in total. The van der Waals surface area contributed by atoms with Crippen molar-refractivity contribution in [3.8, 4) is 0 Å². The highest BCUT2D eigenvalue weighted by atomic mass is 16.6. The van der Waals surface area contributed by atoms with Crippen LogP contribution in [-0.2, 0) is 27.2 Å². The molecule has 0 bridgehead atoms. The lowest BCUT2D eigenvalue weighted by molar-refractivity contribution is -0.129. The summed E-state index contributed by atoms with van der Waals surface area (Å²) in [6.07, 6.45) is 3.93. The molecular formula is C26H34N4O4. The van der Waals surface area contributed by atoms with Gasteiger partial charge in [0, 0.05) is 30.5 Å². The van der Waals surface area contributed by atoms with E-state index >= 15 is 0 Å². The molecule has 2 atom stereocenters. The van der Waals surface area contributed by atoms with Crippen molar-refractivity contribution in [1.29, 1.82) is 0 Å². The fourth-order valence-electron chi connectivity index (χ4n) is 4.02. The summed E-state index contributed by atoms with van der Waals surface area (Å²) in [6.45, 7) is 9.17. The molecule has 1 aliphatic heterocycles. The van der Waals surface area contributed by atoms with Crippen LogP contribution in [0.5, 0.6) is 0 Å². The highest BCUT2D eigenvalue weighted by Crippen LogP contribution is 2.28. The number of alkyl carbamates (subject to hydrolysis) is 1. The average molecular weight is 467 g/mol. The van der Waals surface area contributed by atoms with Gasteiger partial charge in [0.1, 0.15) is 17.7 Å². The summed E-state index contributed by atoms with van der Waals surface area (Å²) in [4.78, 5) is 45.1. The Labute approximate surface area is 201 Å². The van der Waals surface area contributed by atoms with Gasteiger partial charge in [-0.05, 0) is 70.7 Å². The van der Waals surface area contributed by atoms with E-state index in [0.29, 0.717) is 12.8 Å². The van der Waals surface area contributed by atoms with Gasteiger partial charge in [-0.1, -0.05) is 24.3 Å². The zero-order chi connectivity index (χ0) is 24.9. The van der Waals surface area contributed by atoms with Crippen molar-refractivity contribution in [2.24, 2.45) is 0 Å². The SMILES string of the molecule is CC(C)N1C(=O)[C@H](NC(=O)[C@@H](Cc2cccnc2)NC(=O)OC(C)(C)C)CCc2ccccc21. The van der Waals surface area contributed by atoms with E-state index in [9.17, 15) is 14.4 Å². The molecule has 0 aliphatic carbocycles. The smallest absolute Gasteiger partial charge is 0.408 e. The Morgan fingerprint density at radius 1 is 1.18 bits per heavy atom. The number of carbonyl (C=O) groups is 3. The summed E-state index contributed by atoms with van der Waals surface area (Å²) in [7, 11) is 0. The largest absolute Gasteiger partial charge is 0.444 e. The first kappa shape index (κ1) is 25.2. The van der Waals surface area contributed by atoms with Crippen molar-refractivity contribution in [3.05, 3.63) is 59.9 Å². The first-order chi connectivity index (χ1) is 16.0. The molecule has 3 amide bonds. The van der Waals surface area contributed by atoms with Gasteiger partial charge < -0.3 is 20.3 Å². The number of amides is 3. The van der Waals surface area contributed by atoms with E-state index in [0.717, 1.165) is 16.8 Å². The fourth-order valence-corrected chi connectivity index (χ4v) is 4.02. The molecule has 0 fully saturated rings. The number of fused-ring (bicyclic) bond motifs is 1. The molecule has 182 valence electrons. The summed E-state index contributed by atoms with van der Waals surface area (Å²) in [5, 5.41) is 5.56. The zero-order valence-electron chi connectivity index (χ0n) is 20.5. The molecule has 0 radical (unpaired) electrons. The van der Waals surface area contributed by atoms with Crippen LogP contribution in [0.1, 0.15) is 52.2 Å². The van der Waals surface area contributed by atoms with Gasteiger partial charge in [0.15, 0.2) is 0 Å². The second kappa shape index (κ2) is 10.7. The van der Waals surface area contributed by atoms with Gasteiger partial charge in [-0.3, -0.25) is 14.6 Å². The van der Waals surface area contributed by atoms with Crippen LogP contribution in [0, 0.1) is 0 Å². The summed E-state index contributed by atoms with van der Waals surface area (Å²) in [5.41, 5.74) is 2.01. The molecule has 2 aromatic rings. The molecular weight excluding hydrogens is 432 g/mol. The van der Waals surface area contributed by atoms with E-state index in [-0.39, 0.29) is 18.4 Å². The minimum atomic E-state index is -0.926. The number of anilines is 1. The van der Waals surface area contributed by atoms with Crippen molar-refractivity contribution in [3.63, 3.8) is 0 Å². The van der Waals surface area contributed by atoms with Crippen LogP contribution >= 0.6 is 0 Å². The molecule has 2 heterocycles. The average Bonchev–Trinajstić information content (AvgIpc) is 2.89. The Kier molecular flexibility index (Phi) is 7.91. The number of hydrogen-bond donors (Lipinski definition) is 2. The van der Waals surface area contributed by atoms with Crippen LogP contribution in [0.3, 0.4) is 0 Å². The van der Waals surface area contributed by atoms with E-state index in [4.69, 9.17) is 4.74 Å². The molecule has 1 aliphatic rings. The van der Waals surface area contributed by atoms with E-state index in [2.05, 4.69) is 15.6 Å². The predicted octanol–water partition coefficient (Wildman–Crippen LogP) is 3.39. The number of para-hydroxylation sites is 1. The van der Waals surface area contributed by atoms with Crippen molar-refractivity contribution in [2.75, 3.05) is 4.90 Å². The number of hydrogen-bond acceptors (Lipinski definition) is 5. The van der Waals surface area contributed by atoms with Crippen LogP contribution in [0.15, 0.2) is 48.8 Å². The molecule has 0 saturated heterocycles. The number of nitrogens with one attached hydrogen (secondary N) is 2. The van der Waals surface area contributed by atoms with Crippen molar-refractivity contribution in [2.45, 2.75) is 77.6 Å². The maximum atomic E-state index is 13.5. The number of rotatable bonds is 6. The molecule has 1 aromatic carbocycles. The first-order valence-electron chi connectivity index (χ1n) is 11.6.